The Morgan fingerprint density at radius 3 is 2.23 bits per heavy atom. The maximum atomic E-state index is 13.6. The second kappa shape index (κ2) is 12.9. The number of morpholine rings is 1. The molecular weight excluding hydrogens is 560 g/mol. The van der Waals surface area contributed by atoms with E-state index in [0.29, 0.717) is 80.7 Å². The topological polar surface area (TPSA) is 104 Å². The van der Waals surface area contributed by atoms with E-state index in [0.717, 1.165) is 48.2 Å². The van der Waals surface area contributed by atoms with Crippen LogP contribution in [0.3, 0.4) is 0 Å². The fraction of sp³-hybridized carbons (Fsp3) is 0.515. The molecule has 11 nitrogen and oxygen atoms in total. The predicted octanol–water partition coefficient (Wildman–Crippen LogP) is 4.21. The van der Waals surface area contributed by atoms with Crippen LogP contribution in [-0.2, 0) is 11.8 Å². The molecule has 2 aliphatic rings. The molecule has 11 heteroatoms. The van der Waals surface area contributed by atoms with Crippen molar-refractivity contribution < 1.29 is 14.2 Å². The van der Waals surface area contributed by atoms with Crippen LogP contribution in [-0.4, -0.2) is 71.7 Å². The molecule has 0 saturated carbocycles. The summed E-state index contributed by atoms with van der Waals surface area (Å²) in [6, 6.07) is 9.43. The van der Waals surface area contributed by atoms with E-state index in [1.165, 1.54) is 4.57 Å². The summed E-state index contributed by atoms with van der Waals surface area (Å²) in [5.41, 5.74) is 1.95. The molecule has 2 aromatic heterocycles. The van der Waals surface area contributed by atoms with Gasteiger partial charge in [0, 0.05) is 50.7 Å². The summed E-state index contributed by atoms with van der Waals surface area (Å²) in [6.45, 7) is 11.3. The van der Waals surface area contributed by atoms with Gasteiger partial charge in [0.1, 0.15) is 5.82 Å². The lowest BCUT2D eigenvalue weighted by atomic mass is 10.0. The Balaban J connectivity index is 1.37. The lowest BCUT2D eigenvalue weighted by molar-refractivity contribution is 0.122. The zero-order chi connectivity index (χ0) is 30.8. The zero-order valence-electron chi connectivity index (χ0n) is 26.2. The van der Waals surface area contributed by atoms with Crippen LogP contribution in [0.2, 0.25) is 0 Å². The van der Waals surface area contributed by atoms with Crippen molar-refractivity contribution in [2.24, 2.45) is 7.05 Å². The smallest absolute Gasteiger partial charge is 0.331 e. The first kappa shape index (κ1) is 29.9. The number of aromatic nitrogens is 4. The molecule has 44 heavy (non-hydrogen) atoms. The van der Waals surface area contributed by atoms with Crippen LogP contribution in [0.1, 0.15) is 51.1 Å². The molecule has 4 aromatic rings. The van der Waals surface area contributed by atoms with Gasteiger partial charge in [-0.15, -0.1) is 0 Å². The Hall–Kier alpha value is -4.12. The number of fused-ring (bicyclic) bond motifs is 2. The first-order valence-corrected chi connectivity index (χ1v) is 15.8. The number of benzene rings is 2. The number of ether oxygens (including phenoxy) is 3. The van der Waals surface area contributed by atoms with Crippen molar-refractivity contribution in [3.05, 3.63) is 56.7 Å². The van der Waals surface area contributed by atoms with Gasteiger partial charge >= 0.3 is 5.69 Å². The van der Waals surface area contributed by atoms with Gasteiger partial charge in [0.25, 0.3) is 5.56 Å². The van der Waals surface area contributed by atoms with E-state index in [9.17, 15) is 9.59 Å². The van der Waals surface area contributed by atoms with Gasteiger partial charge in [-0.25, -0.2) is 9.78 Å². The summed E-state index contributed by atoms with van der Waals surface area (Å²) in [7, 11) is 1.74. The highest BCUT2D eigenvalue weighted by Crippen LogP contribution is 2.38. The molecule has 2 aromatic carbocycles. The summed E-state index contributed by atoms with van der Waals surface area (Å²) in [5.74, 6) is 2.86. The van der Waals surface area contributed by atoms with Crippen LogP contribution in [0.4, 0.5) is 11.8 Å². The average Bonchev–Trinajstić information content (AvgIpc) is 3.05. The molecule has 2 aliphatic heterocycles. The molecule has 0 bridgehead atoms. The number of nitrogens with zero attached hydrogens (tertiary/aromatic N) is 6. The molecule has 0 radical (unpaired) electrons. The van der Waals surface area contributed by atoms with Gasteiger partial charge in [-0.2, -0.15) is 4.98 Å². The second-order valence-corrected chi connectivity index (χ2v) is 11.7. The first-order valence-electron chi connectivity index (χ1n) is 15.8. The summed E-state index contributed by atoms with van der Waals surface area (Å²) < 4.78 is 20.9. The molecule has 2 fully saturated rings. The van der Waals surface area contributed by atoms with Crippen molar-refractivity contribution in [3.8, 4) is 11.5 Å². The SMILES string of the molecule is CCCOc1cc2nc(N3CCOCC3)nc(N3CCC(n4c(=O)c5cc(C)ccc5n(C)c4=O)CC3)c2cc1OCCC. The van der Waals surface area contributed by atoms with Crippen LogP contribution in [0.25, 0.3) is 21.8 Å². The molecule has 0 amide bonds. The summed E-state index contributed by atoms with van der Waals surface area (Å²) in [6.07, 6.45) is 3.05. The normalized spacial score (nSPS) is 16.2. The van der Waals surface area contributed by atoms with Crippen LogP contribution in [0.15, 0.2) is 39.9 Å². The second-order valence-electron chi connectivity index (χ2n) is 11.7. The largest absolute Gasteiger partial charge is 0.490 e. The number of anilines is 2. The molecule has 0 atom stereocenters. The van der Waals surface area contributed by atoms with E-state index in [2.05, 4.69) is 23.6 Å². The minimum atomic E-state index is -0.274. The molecule has 234 valence electrons. The van der Waals surface area contributed by atoms with Gasteiger partial charge in [0.2, 0.25) is 5.95 Å². The van der Waals surface area contributed by atoms with Gasteiger partial charge in [0.15, 0.2) is 11.5 Å². The Labute approximate surface area is 257 Å². The quantitative estimate of drug-likeness (QED) is 0.279. The Morgan fingerprint density at radius 1 is 0.864 bits per heavy atom. The van der Waals surface area contributed by atoms with Crippen molar-refractivity contribution in [2.75, 3.05) is 62.4 Å². The molecule has 2 saturated heterocycles. The number of piperidine rings is 1. The van der Waals surface area contributed by atoms with Crippen LogP contribution >= 0.6 is 0 Å². The highest BCUT2D eigenvalue weighted by Gasteiger charge is 2.28. The van der Waals surface area contributed by atoms with E-state index in [-0.39, 0.29) is 17.3 Å². The Kier molecular flexibility index (Phi) is 8.74. The molecule has 0 unspecified atom stereocenters. The Bertz CT molecular complexity index is 1770. The first-order chi connectivity index (χ1) is 21.4. The summed E-state index contributed by atoms with van der Waals surface area (Å²) in [4.78, 5) is 41.5. The Morgan fingerprint density at radius 2 is 1.55 bits per heavy atom. The molecule has 0 N–H and O–H groups in total. The van der Waals surface area contributed by atoms with E-state index in [4.69, 9.17) is 24.2 Å². The molecular formula is C33H42N6O5. The fourth-order valence-corrected chi connectivity index (χ4v) is 6.16. The van der Waals surface area contributed by atoms with Crippen molar-refractivity contribution in [2.45, 2.75) is 52.5 Å². The molecule has 0 aliphatic carbocycles. The minimum absolute atomic E-state index is 0.202. The van der Waals surface area contributed by atoms with Crippen molar-refractivity contribution in [3.63, 3.8) is 0 Å². The number of rotatable bonds is 9. The van der Waals surface area contributed by atoms with Gasteiger partial charge in [-0.3, -0.25) is 13.9 Å². The maximum Gasteiger partial charge on any atom is 0.331 e. The van der Waals surface area contributed by atoms with Gasteiger partial charge in [-0.05, 0) is 50.8 Å². The fourth-order valence-electron chi connectivity index (χ4n) is 6.16. The van der Waals surface area contributed by atoms with E-state index in [1.807, 2.05) is 37.3 Å². The van der Waals surface area contributed by atoms with Gasteiger partial charge in [-0.1, -0.05) is 25.5 Å². The third kappa shape index (κ3) is 5.72. The van der Waals surface area contributed by atoms with Crippen LogP contribution in [0, 0.1) is 6.92 Å². The summed E-state index contributed by atoms with van der Waals surface area (Å²) >= 11 is 0. The zero-order valence-corrected chi connectivity index (χ0v) is 26.2. The van der Waals surface area contributed by atoms with Crippen LogP contribution < -0.4 is 30.5 Å². The van der Waals surface area contributed by atoms with Crippen molar-refractivity contribution in [1.82, 2.24) is 19.1 Å². The predicted molar refractivity (Wildman–Crippen MR) is 173 cm³/mol. The van der Waals surface area contributed by atoms with Crippen molar-refractivity contribution >= 4 is 33.6 Å². The number of hydrogen-bond acceptors (Lipinski definition) is 9. The van der Waals surface area contributed by atoms with Crippen LogP contribution in [0.5, 0.6) is 11.5 Å². The molecule has 0 spiro atoms. The highest BCUT2D eigenvalue weighted by molar-refractivity contribution is 5.93. The average molecular weight is 603 g/mol. The monoisotopic (exact) mass is 602 g/mol. The van der Waals surface area contributed by atoms with Crippen molar-refractivity contribution in [1.29, 1.82) is 0 Å². The lowest BCUT2D eigenvalue weighted by Crippen LogP contribution is -2.45. The van der Waals surface area contributed by atoms with Gasteiger partial charge < -0.3 is 24.0 Å². The van der Waals surface area contributed by atoms with E-state index < -0.39 is 0 Å². The maximum absolute atomic E-state index is 13.6. The third-order valence-corrected chi connectivity index (χ3v) is 8.53. The van der Waals surface area contributed by atoms with E-state index in [1.54, 1.807) is 11.6 Å². The standard InChI is InChI=1S/C33H42N6O5/c1-5-15-43-28-20-24-26(21-29(28)44-16-6-2)34-32(38-13-17-42-18-14-38)35-30(24)37-11-9-23(10-12-37)39-31(40)25-19-22(3)7-8-27(25)36(4)33(39)41/h7-8,19-21,23H,5-6,9-18H2,1-4H3. The van der Waals surface area contributed by atoms with E-state index >= 15 is 0 Å². The lowest BCUT2D eigenvalue weighted by Gasteiger charge is -2.35. The number of hydrogen-bond donors (Lipinski definition) is 0. The molecule has 6 rings (SSSR count). The molecule has 4 heterocycles. The summed E-state index contributed by atoms with van der Waals surface area (Å²) in [5, 5.41) is 1.47. The van der Waals surface area contributed by atoms with Gasteiger partial charge in [0.05, 0.1) is 42.8 Å². The highest BCUT2D eigenvalue weighted by atomic mass is 16.5. The minimum Gasteiger partial charge on any atom is -0.490 e. The third-order valence-electron chi connectivity index (χ3n) is 8.53. The number of aryl methyl sites for hydroxylation is 2.